The topological polar surface area (TPSA) is 120 Å². The molecule has 1 aromatic carbocycles. The summed E-state index contributed by atoms with van der Waals surface area (Å²) in [5.74, 6) is -3.56. The van der Waals surface area contributed by atoms with Gasteiger partial charge in [-0.2, -0.15) is 0 Å². The van der Waals surface area contributed by atoms with E-state index >= 15 is 0 Å². The van der Waals surface area contributed by atoms with Crippen molar-refractivity contribution in [2.24, 2.45) is 5.92 Å². The summed E-state index contributed by atoms with van der Waals surface area (Å²) in [6.45, 7) is 3.02. The summed E-state index contributed by atoms with van der Waals surface area (Å²) >= 11 is 1.68. The largest absolute Gasteiger partial charge is 0.466 e. The highest BCUT2D eigenvalue weighted by Gasteiger charge is 2.42. The highest BCUT2D eigenvalue weighted by atomic mass is 32.2. The maximum absolute atomic E-state index is 12.9. The number of esters is 3. The molecule has 0 unspecified atom stereocenters. The van der Waals surface area contributed by atoms with Crippen LogP contribution >= 0.6 is 11.8 Å². The third-order valence-corrected chi connectivity index (χ3v) is 5.91. The standard InChI is InChI=1S/C23H28N2O7S/c1-14-18(21(27)30-3)20(19(15(2)25-14)22(28)31-4)23(29)32-13-17(26)24-11-8-12-33-16-9-6-5-7-10-16/h5-7,9-10,20,25H,8,11-13H2,1-4H3,(H,24,26). The second-order valence-corrected chi connectivity index (χ2v) is 8.26. The number of hydrogen-bond acceptors (Lipinski definition) is 9. The fourth-order valence-corrected chi connectivity index (χ4v) is 4.14. The molecule has 1 aliphatic heterocycles. The first-order chi connectivity index (χ1) is 15.8. The van der Waals surface area contributed by atoms with Gasteiger partial charge in [0.25, 0.3) is 5.91 Å². The number of dihydropyridines is 1. The Hall–Kier alpha value is -3.27. The Morgan fingerprint density at radius 2 is 1.55 bits per heavy atom. The molecule has 2 rings (SSSR count). The van der Waals surface area contributed by atoms with Crippen LogP contribution in [-0.4, -0.2) is 56.9 Å². The Morgan fingerprint density at radius 1 is 0.970 bits per heavy atom. The van der Waals surface area contributed by atoms with Crippen molar-refractivity contribution in [1.29, 1.82) is 0 Å². The van der Waals surface area contributed by atoms with Gasteiger partial charge in [-0.05, 0) is 38.2 Å². The molecule has 33 heavy (non-hydrogen) atoms. The van der Waals surface area contributed by atoms with Gasteiger partial charge in [0.1, 0.15) is 5.92 Å². The molecule has 0 saturated carbocycles. The van der Waals surface area contributed by atoms with Crippen molar-refractivity contribution < 1.29 is 33.4 Å². The normalized spacial score (nSPS) is 13.8. The molecule has 0 aromatic heterocycles. The molecular formula is C23H28N2O7S. The van der Waals surface area contributed by atoms with E-state index in [0.29, 0.717) is 17.9 Å². The number of ether oxygens (including phenoxy) is 3. The van der Waals surface area contributed by atoms with Gasteiger partial charge in [-0.25, -0.2) is 9.59 Å². The van der Waals surface area contributed by atoms with E-state index in [4.69, 9.17) is 14.2 Å². The number of thioether (sulfide) groups is 1. The van der Waals surface area contributed by atoms with Crippen LogP contribution in [0.4, 0.5) is 0 Å². The maximum Gasteiger partial charge on any atom is 0.336 e. The zero-order valence-electron chi connectivity index (χ0n) is 19.1. The third-order valence-electron chi connectivity index (χ3n) is 4.81. The Balaban J connectivity index is 1.94. The van der Waals surface area contributed by atoms with Crippen LogP contribution in [0.5, 0.6) is 0 Å². The summed E-state index contributed by atoms with van der Waals surface area (Å²) in [4.78, 5) is 50.8. The third kappa shape index (κ3) is 7.11. The molecule has 178 valence electrons. The van der Waals surface area contributed by atoms with Crippen LogP contribution in [0.3, 0.4) is 0 Å². The highest BCUT2D eigenvalue weighted by molar-refractivity contribution is 7.99. The van der Waals surface area contributed by atoms with Gasteiger partial charge < -0.3 is 24.8 Å². The van der Waals surface area contributed by atoms with Crippen molar-refractivity contribution in [1.82, 2.24) is 10.6 Å². The maximum atomic E-state index is 12.9. The zero-order chi connectivity index (χ0) is 24.4. The smallest absolute Gasteiger partial charge is 0.336 e. The number of allylic oxidation sites excluding steroid dienone is 2. The molecule has 10 heteroatoms. The van der Waals surface area contributed by atoms with E-state index in [1.165, 1.54) is 0 Å². The molecule has 0 bridgehead atoms. The van der Waals surface area contributed by atoms with Gasteiger partial charge in [-0.15, -0.1) is 11.8 Å². The van der Waals surface area contributed by atoms with Crippen molar-refractivity contribution in [3.8, 4) is 0 Å². The molecule has 1 aromatic rings. The number of carbonyl (C=O) groups is 4. The van der Waals surface area contributed by atoms with E-state index in [1.807, 2.05) is 30.3 Å². The minimum absolute atomic E-state index is 0.0770. The van der Waals surface area contributed by atoms with E-state index in [-0.39, 0.29) is 11.1 Å². The van der Waals surface area contributed by atoms with Gasteiger partial charge in [0.05, 0.1) is 25.4 Å². The molecule has 0 radical (unpaired) electrons. The lowest BCUT2D eigenvalue weighted by molar-refractivity contribution is -0.153. The Bertz CT molecular complexity index is 919. The van der Waals surface area contributed by atoms with Crippen LogP contribution in [0.2, 0.25) is 0 Å². The van der Waals surface area contributed by atoms with E-state index in [2.05, 4.69) is 10.6 Å². The van der Waals surface area contributed by atoms with Crippen molar-refractivity contribution >= 4 is 35.6 Å². The molecule has 0 aliphatic carbocycles. The minimum Gasteiger partial charge on any atom is -0.466 e. The van der Waals surface area contributed by atoms with E-state index in [9.17, 15) is 19.2 Å². The van der Waals surface area contributed by atoms with Gasteiger partial charge in [0, 0.05) is 22.8 Å². The quantitative estimate of drug-likeness (QED) is 0.226. The number of methoxy groups -OCH3 is 2. The summed E-state index contributed by atoms with van der Waals surface area (Å²) in [5, 5.41) is 5.57. The number of hydrogen-bond donors (Lipinski definition) is 2. The fourth-order valence-electron chi connectivity index (χ4n) is 3.27. The molecule has 9 nitrogen and oxygen atoms in total. The van der Waals surface area contributed by atoms with Crippen LogP contribution in [0, 0.1) is 5.92 Å². The molecule has 0 fully saturated rings. The van der Waals surface area contributed by atoms with Gasteiger partial charge in [-0.1, -0.05) is 18.2 Å². The van der Waals surface area contributed by atoms with Crippen molar-refractivity contribution in [3.63, 3.8) is 0 Å². The average Bonchev–Trinajstić information content (AvgIpc) is 2.81. The summed E-state index contributed by atoms with van der Waals surface area (Å²) in [6.07, 6.45) is 0.733. The van der Waals surface area contributed by atoms with Crippen LogP contribution < -0.4 is 10.6 Å². The SMILES string of the molecule is COC(=O)C1=C(C)NC(C)=C(C(=O)OC)C1C(=O)OCC(=O)NCCCSc1ccccc1. The molecule has 2 N–H and O–H groups in total. The van der Waals surface area contributed by atoms with Crippen LogP contribution in [0.25, 0.3) is 0 Å². The highest BCUT2D eigenvalue weighted by Crippen LogP contribution is 2.32. The molecule has 1 amide bonds. The monoisotopic (exact) mass is 476 g/mol. The van der Waals surface area contributed by atoms with Crippen LogP contribution in [0.15, 0.2) is 57.8 Å². The first kappa shape index (κ1) is 26.0. The number of amides is 1. The van der Waals surface area contributed by atoms with Crippen molar-refractivity contribution in [2.45, 2.75) is 25.2 Å². The molecule has 0 spiro atoms. The van der Waals surface area contributed by atoms with Gasteiger partial charge in [0.2, 0.25) is 0 Å². The van der Waals surface area contributed by atoms with Gasteiger partial charge in [0.15, 0.2) is 6.61 Å². The predicted molar refractivity (Wildman–Crippen MR) is 122 cm³/mol. The molecule has 1 aliphatic rings. The van der Waals surface area contributed by atoms with Crippen molar-refractivity contribution in [3.05, 3.63) is 52.9 Å². The van der Waals surface area contributed by atoms with E-state index in [1.54, 1.807) is 25.6 Å². The first-order valence-corrected chi connectivity index (χ1v) is 11.2. The van der Waals surface area contributed by atoms with Crippen LogP contribution in [-0.2, 0) is 33.4 Å². The second-order valence-electron chi connectivity index (χ2n) is 7.09. The second kappa shape index (κ2) is 12.7. The number of carbonyl (C=O) groups excluding carboxylic acids is 4. The van der Waals surface area contributed by atoms with Gasteiger partial charge in [-0.3, -0.25) is 9.59 Å². The predicted octanol–water partition coefficient (Wildman–Crippen LogP) is 1.94. The Labute approximate surface area is 196 Å². The fraction of sp³-hybridized carbons (Fsp3) is 0.391. The number of nitrogens with one attached hydrogen (secondary N) is 2. The number of benzene rings is 1. The summed E-state index contributed by atoms with van der Waals surface area (Å²) in [6, 6.07) is 9.91. The molecule has 0 atom stereocenters. The lowest BCUT2D eigenvalue weighted by atomic mass is 9.85. The van der Waals surface area contributed by atoms with Crippen LogP contribution in [0.1, 0.15) is 20.3 Å². The molecular weight excluding hydrogens is 448 g/mol. The average molecular weight is 477 g/mol. The summed E-state index contributed by atoms with van der Waals surface area (Å²) in [5.41, 5.74) is 0.530. The summed E-state index contributed by atoms with van der Waals surface area (Å²) < 4.78 is 14.7. The lowest BCUT2D eigenvalue weighted by Gasteiger charge is -2.28. The Morgan fingerprint density at radius 3 is 2.09 bits per heavy atom. The first-order valence-electron chi connectivity index (χ1n) is 10.3. The zero-order valence-corrected chi connectivity index (χ0v) is 19.9. The lowest BCUT2D eigenvalue weighted by Crippen LogP contribution is -2.39. The van der Waals surface area contributed by atoms with Crippen molar-refractivity contribution in [2.75, 3.05) is 33.1 Å². The van der Waals surface area contributed by atoms with E-state index < -0.39 is 36.3 Å². The molecule has 1 heterocycles. The number of rotatable bonds is 10. The van der Waals surface area contributed by atoms with E-state index in [0.717, 1.165) is 31.3 Å². The minimum atomic E-state index is -1.37. The molecule has 0 saturated heterocycles. The Kier molecular flexibility index (Phi) is 9.99. The summed E-state index contributed by atoms with van der Waals surface area (Å²) in [7, 11) is 2.33. The van der Waals surface area contributed by atoms with Gasteiger partial charge >= 0.3 is 17.9 Å².